The molecule has 1 aromatic heterocycles. The van der Waals surface area contributed by atoms with Crippen molar-refractivity contribution in [3.8, 4) is 0 Å². The Bertz CT molecular complexity index is 521. The highest BCUT2D eigenvalue weighted by molar-refractivity contribution is 7.13. The molecule has 1 saturated heterocycles. The smallest absolute Gasteiger partial charge is 0.326 e. The first kappa shape index (κ1) is 14.8. The molecular weight excluding hydrogens is 278 g/mol. The Morgan fingerprint density at radius 3 is 2.75 bits per heavy atom. The topological polar surface area (TPSA) is 82.5 Å². The van der Waals surface area contributed by atoms with Crippen LogP contribution in [0.1, 0.15) is 39.3 Å². The molecule has 0 aliphatic carbocycles. The van der Waals surface area contributed by atoms with Gasteiger partial charge in [0.15, 0.2) is 5.13 Å². The molecule has 0 radical (unpaired) electrons. The number of urea groups is 1. The Morgan fingerprint density at radius 2 is 2.20 bits per heavy atom. The second-order valence-electron chi connectivity index (χ2n) is 5.91. The lowest BCUT2D eigenvalue weighted by atomic mass is 9.93. The van der Waals surface area contributed by atoms with Crippen molar-refractivity contribution in [2.45, 2.75) is 45.1 Å². The number of carboxylic acid groups (broad SMARTS) is 1. The van der Waals surface area contributed by atoms with E-state index < -0.39 is 12.0 Å². The van der Waals surface area contributed by atoms with Crippen molar-refractivity contribution in [1.29, 1.82) is 0 Å². The van der Waals surface area contributed by atoms with Crippen LogP contribution in [0.4, 0.5) is 9.93 Å². The lowest BCUT2D eigenvalue weighted by Gasteiger charge is -2.21. The number of likely N-dealkylation sites (tertiary alicyclic amines) is 1. The fraction of sp³-hybridized carbons (Fsp3) is 0.615. The predicted molar refractivity (Wildman–Crippen MR) is 77.2 cm³/mol. The maximum Gasteiger partial charge on any atom is 0.326 e. The molecule has 0 aromatic carbocycles. The van der Waals surface area contributed by atoms with Gasteiger partial charge in [-0.3, -0.25) is 5.32 Å². The number of nitrogens with one attached hydrogen (secondary N) is 1. The first-order chi connectivity index (χ1) is 9.29. The maximum atomic E-state index is 12.1. The normalized spacial score (nSPS) is 19.1. The first-order valence-electron chi connectivity index (χ1n) is 6.55. The SMILES string of the molecule is CC(C)(C)c1csc(NC(=O)N2CCC[C@@H]2C(=O)O)n1. The van der Waals surface area contributed by atoms with E-state index in [1.165, 1.54) is 16.2 Å². The molecule has 2 heterocycles. The van der Waals surface area contributed by atoms with Crippen LogP contribution in [0, 0.1) is 0 Å². The van der Waals surface area contributed by atoms with E-state index >= 15 is 0 Å². The van der Waals surface area contributed by atoms with Crippen LogP contribution in [-0.2, 0) is 10.2 Å². The van der Waals surface area contributed by atoms with Crippen LogP contribution >= 0.6 is 11.3 Å². The summed E-state index contributed by atoms with van der Waals surface area (Å²) in [7, 11) is 0. The zero-order valence-electron chi connectivity index (χ0n) is 11.8. The Labute approximate surface area is 121 Å². The average molecular weight is 297 g/mol. The van der Waals surface area contributed by atoms with Crippen molar-refractivity contribution in [1.82, 2.24) is 9.88 Å². The Kier molecular flexibility index (Phi) is 3.99. The summed E-state index contributed by atoms with van der Waals surface area (Å²) < 4.78 is 0. The number of aliphatic carboxylic acids is 1. The Balaban J connectivity index is 2.05. The van der Waals surface area contributed by atoms with Crippen molar-refractivity contribution >= 4 is 28.5 Å². The number of hydrogen-bond acceptors (Lipinski definition) is 4. The van der Waals surface area contributed by atoms with E-state index in [9.17, 15) is 9.59 Å². The molecule has 110 valence electrons. The molecule has 1 fully saturated rings. The number of anilines is 1. The number of aromatic nitrogens is 1. The number of rotatable bonds is 2. The molecule has 2 rings (SSSR count). The monoisotopic (exact) mass is 297 g/mol. The Morgan fingerprint density at radius 1 is 1.50 bits per heavy atom. The summed E-state index contributed by atoms with van der Waals surface area (Å²) in [6, 6.07) is -1.11. The molecule has 0 bridgehead atoms. The number of carbonyl (C=O) groups excluding carboxylic acids is 1. The minimum absolute atomic E-state index is 0.0727. The molecule has 1 aromatic rings. The van der Waals surface area contributed by atoms with Gasteiger partial charge in [-0.1, -0.05) is 20.8 Å². The number of hydrogen-bond donors (Lipinski definition) is 2. The van der Waals surface area contributed by atoms with Gasteiger partial charge in [-0.15, -0.1) is 11.3 Å². The summed E-state index contributed by atoms with van der Waals surface area (Å²) in [6.07, 6.45) is 1.23. The van der Waals surface area contributed by atoms with Gasteiger partial charge in [-0.05, 0) is 12.8 Å². The third-order valence-corrected chi connectivity index (χ3v) is 4.04. The zero-order valence-corrected chi connectivity index (χ0v) is 12.7. The Hall–Kier alpha value is -1.63. The predicted octanol–water partition coefficient (Wildman–Crippen LogP) is 2.52. The number of carboxylic acids is 1. The zero-order chi connectivity index (χ0) is 14.9. The summed E-state index contributed by atoms with van der Waals surface area (Å²) >= 11 is 1.36. The van der Waals surface area contributed by atoms with E-state index in [1.807, 2.05) is 5.38 Å². The minimum Gasteiger partial charge on any atom is -0.480 e. The van der Waals surface area contributed by atoms with Crippen LogP contribution in [0.2, 0.25) is 0 Å². The molecule has 6 nitrogen and oxygen atoms in total. The van der Waals surface area contributed by atoms with Crippen LogP contribution < -0.4 is 5.32 Å². The van der Waals surface area contributed by atoms with E-state index in [0.717, 1.165) is 12.1 Å². The highest BCUT2D eigenvalue weighted by Gasteiger charge is 2.34. The number of carbonyl (C=O) groups is 2. The fourth-order valence-electron chi connectivity index (χ4n) is 2.11. The summed E-state index contributed by atoms with van der Waals surface area (Å²) in [5, 5.41) is 14.2. The second-order valence-corrected chi connectivity index (χ2v) is 6.77. The highest BCUT2D eigenvalue weighted by Crippen LogP contribution is 2.27. The van der Waals surface area contributed by atoms with Crippen molar-refractivity contribution in [2.75, 3.05) is 11.9 Å². The molecule has 0 saturated carbocycles. The van der Waals surface area contributed by atoms with Crippen molar-refractivity contribution in [3.63, 3.8) is 0 Å². The number of thiazole rings is 1. The van der Waals surface area contributed by atoms with E-state index in [1.54, 1.807) is 0 Å². The largest absolute Gasteiger partial charge is 0.480 e. The lowest BCUT2D eigenvalue weighted by molar-refractivity contribution is -0.141. The van der Waals surface area contributed by atoms with Crippen LogP contribution in [0.3, 0.4) is 0 Å². The van der Waals surface area contributed by atoms with Crippen LogP contribution in [0.5, 0.6) is 0 Å². The van der Waals surface area contributed by atoms with Gasteiger partial charge in [-0.25, -0.2) is 14.6 Å². The van der Waals surface area contributed by atoms with Crippen LogP contribution in [0.15, 0.2) is 5.38 Å². The van der Waals surface area contributed by atoms with E-state index in [0.29, 0.717) is 18.1 Å². The van der Waals surface area contributed by atoms with Crippen LogP contribution in [0.25, 0.3) is 0 Å². The number of amides is 2. The first-order valence-corrected chi connectivity index (χ1v) is 7.43. The molecule has 2 amide bonds. The van der Waals surface area contributed by atoms with Crippen molar-refractivity contribution < 1.29 is 14.7 Å². The minimum atomic E-state index is -0.952. The van der Waals surface area contributed by atoms with Gasteiger partial charge >= 0.3 is 12.0 Å². The van der Waals surface area contributed by atoms with E-state index in [4.69, 9.17) is 5.11 Å². The molecule has 1 atom stereocenters. The van der Waals surface area contributed by atoms with Gasteiger partial charge < -0.3 is 10.0 Å². The summed E-state index contributed by atoms with van der Waals surface area (Å²) in [6.45, 7) is 6.62. The van der Waals surface area contributed by atoms with Gasteiger partial charge in [0.05, 0.1) is 5.69 Å². The second kappa shape index (κ2) is 5.40. The molecule has 2 N–H and O–H groups in total. The standard InChI is InChI=1S/C13H19N3O3S/c1-13(2,3)9-7-20-11(14-9)15-12(19)16-6-4-5-8(16)10(17)18/h7-8H,4-6H2,1-3H3,(H,17,18)(H,14,15,19)/t8-/m1/s1. The fourth-order valence-corrected chi connectivity index (χ4v) is 3.03. The van der Waals surface area contributed by atoms with Crippen LogP contribution in [-0.4, -0.2) is 39.6 Å². The van der Waals surface area contributed by atoms with Gasteiger partial charge in [0.25, 0.3) is 0 Å². The summed E-state index contributed by atoms with van der Waals surface area (Å²) in [5.74, 6) is -0.952. The van der Waals surface area contributed by atoms with Gasteiger partial charge in [0.2, 0.25) is 0 Å². The van der Waals surface area contributed by atoms with Crippen molar-refractivity contribution in [2.24, 2.45) is 0 Å². The number of nitrogens with zero attached hydrogens (tertiary/aromatic N) is 2. The van der Waals surface area contributed by atoms with E-state index in [-0.39, 0.29) is 11.4 Å². The van der Waals surface area contributed by atoms with Gasteiger partial charge in [0, 0.05) is 17.3 Å². The van der Waals surface area contributed by atoms with Crippen molar-refractivity contribution in [3.05, 3.63) is 11.1 Å². The third-order valence-electron chi connectivity index (χ3n) is 3.29. The summed E-state index contributed by atoms with van der Waals surface area (Å²) in [4.78, 5) is 28.9. The maximum absolute atomic E-state index is 12.1. The molecule has 0 spiro atoms. The lowest BCUT2D eigenvalue weighted by Crippen LogP contribution is -2.42. The molecule has 1 aliphatic heterocycles. The quantitative estimate of drug-likeness (QED) is 0.878. The molecular formula is C13H19N3O3S. The molecule has 20 heavy (non-hydrogen) atoms. The molecule has 7 heteroatoms. The average Bonchev–Trinajstić information content (AvgIpc) is 2.95. The molecule has 1 aliphatic rings. The molecule has 0 unspecified atom stereocenters. The van der Waals surface area contributed by atoms with Gasteiger partial charge in [0.1, 0.15) is 6.04 Å². The third kappa shape index (κ3) is 3.09. The van der Waals surface area contributed by atoms with Gasteiger partial charge in [-0.2, -0.15) is 0 Å². The van der Waals surface area contributed by atoms with E-state index in [2.05, 4.69) is 31.1 Å². The highest BCUT2D eigenvalue weighted by atomic mass is 32.1. The summed E-state index contributed by atoms with van der Waals surface area (Å²) in [5.41, 5.74) is 0.838.